The van der Waals surface area contributed by atoms with E-state index < -0.39 is 0 Å². The van der Waals surface area contributed by atoms with Crippen molar-refractivity contribution in [2.24, 2.45) is 0 Å². The molecule has 6 nitrogen and oxygen atoms in total. The molecule has 0 unspecified atom stereocenters. The molecule has 1 saturated heterocycles. The van der Waals surface area contributed by atoms with E-state index in [1.807, 2.05) is 31.2 Å². The topological polar surface area (TPSA) is 48.9 Å². The van der Waals surface area contributed by atoms with Crippen LogP contribution in [0.25, 0.3) is 10.9 Å². The fraction of sp³-hybridized carbons (Fsp3) is 0.429. The highest BCUT2D eigenvalue weighted by atomic mass is 16.6. The summed E-state index contributed by atoms with van der Waals surface area (Å²) in [5.74, 6) is 3.21. The minimum Gasteiger partial charge on any atom is -0.408 e. The number of terminal acetylenes is 1. The van der Waals surface area contributed by atoms with Crippen molar-refractivity contribution in [1.29, 1.82) is 0 Å². The molecule has 27 heavy (non-hydrogen) atoms. The Hall–Kier alpha value is -2.62. The number of benzene rings is 1. The molecule has 3 rings (SSSR count). The van der Waals surface area contributed by atoms with Crippen LogP contribution < -0.4 is 4.74 Å². The number of fused-ring (bicyclic) bond motifs is 1. The van der Waals surface area contributed by atoms with E-state index in [9.17, 15) is 4.79 Å². The van der Waals surface area contributed by atoms with Gasteiger partial charge in [0.25, 0.3) is 0 Å². The minimum atomic E-state index is -0.373. The minimum absolute atomic E-state index is 0.373. The van der Waals surface area contributed by atoms with Gasteiger partial charge in [-0.15, -0.1) is 6.42 Å². The SMILES string of the molecule is C#CCN1CCN(Cc2ccc(OC(=O)N(C)CC)c3ncccc23)CC1. The maximum Gasteiger partial charge on any atom is 0.415 e. The van der Waals surface area contributed by atoms with Crippen LogP contribution in [-0.4, -0.2) is 72.1 Å². The van der Waals surface area contributed by atoms with Crippen LogP contribution >= 0.6 is 0 Å². The summed E-state index contributed by atoms with van der Waals surface area (Å²) in [5.41, 5.74) is 1.91. The van der Waals surface area contributed by atoms with Gasteiger partial charge in [-0.05, 0) is 24.6 Å². The Morgan fingerprint density at radius 3 is 2.70 bits per heavy atom. The number of ether oxygens (including phenoxy) is 1. The van der Waals surface area contributed by atoms with Crippen LogP contribution in [0.2, 0.25) is 0 Å². The van der Waals surface area contributed by atoms with E-state index in [1.165, 1.54) is 10.5 Å². The lowest BCUT2D eigenvalue weighted by molar-refractivity contribution is 0.139. The number of aromatic nitrogens is 1. The Morgan fingerprint density at radius 2 is 2.00 bits per heavy atom. The van der Waals surface area contributed by atoms with Crippen LogP contribution in [0.1, 0.15) is 12.5 Å². The van der Waals surface area contributed by atoms with Crippen molar-refractivity contribution in [1.82, 2.24) is 19.7 Å². The fourth-order valence-corrected chi connectivity index (χ4v) is 3.20. The number of amides is 1. The van der Waals surface area contributed by atoms with Gasteiger partial charge in [0.05, 0.1) is 6.54 Å². The Morgan fingerprint density at radius 1 is 1.26 bits per heavy atom. The zero-order valence-electron chi connectivity index (χ0n) is 16.0. The maximum atomic E-state index is 12.1. The standard InChI is InChI=1S/C21H26N4O2/c1-4-11-24-12-14-25(15-13-24)16-17-8-9-19(27-21(26)23(3)5-2)20-18(17)7-6-10-22-20/h1,6-10H,5,11-16H2,2-3H3. The quantitative estimate of drug-likeness (QED) is 0.761. The van der Waals surface area contributed by atoms with Crippen LogP contribution in [0, 0.1) is 12.3 Å². The van der Waals surface area contributed by atoms with Crippen LogP contribution in [-0.2, 0) is 6.54 Å². The van der Waals surface area contributed by atoms with Gasteiger partial charge in [-0.3, -0.25) is 14.8 Å². The van der Waals surface area contributed by atoms with Gasteiger partial charge in [0.15, 0.2) is 5.75 Å². The molecule has 2 aromatic rings. The van der Waals surface area contributed by atoms with E-state index in [0.29, 0.717) is 18.8 Å². The predicted molar refractivity (Wildman–Crippen MR) is 107 cm³/mol. The molecule has 6 heteroatoms. The predicted octanol–water partition coefficient (Wildman–Crippen LogP) is 2.44. The molecular weight excluding hydrogens is 340 g/mol. The summed E-state index contributed by atoms with van der Waals surface area (Å²) < 4.78 is 5.55. The lowest BCUT2D eigenvalue weighted by Crippen LogP contribution is -2.45. The van der Waals surface area contributed by atoms with E-state index in [2.05, 4.69) is 20.7 Å². The molecule has 0 N–H and O–H groups in total. The second-order valence-electron chi connectivity index (χ2n) is 6.76. The number of hydrogen-bond acceptors (Lipinski definition) is 5. The zero-order chi connectivity index (χ0) is 19.2. The number of hydrogen-bond donors (Lipinski definition) is 0. The highest BCUT2D eigenvalue weighted by Gasteiger charge is 2.19. The first kappa shape index (κ1) is 19.2. The molecule has 1 fully saturated rings. The van der Waals surface area contributed by atoms with Crippen molar-refractivity contribution in [3.63, 3.8) is 0 Å². The third kappa shape index (κ3) is 4.57. The Labute approximate surface area is 160 Å². The lowest BCUT2D eigenvalue weighted by atomic mass is 10.1. The van der Waals surface area contributed by atoms with Crippen molar-refractivity contribution in [2.75, 3.05) is 46.3 Å². The van der Waals surface area contributed by atoms with Crippen molar-refractivity contribution < 1.29 is 9.53 Å². The summed E-state index contributed by atoms with van der Waals surface area (Å²) in [6, 6.07) is 7.83. The van der Waals surface area contributed by atoms with Crippen molar-refractivity contribution in [3.8, 4) is 18.1 Å². The molecule has 1 aliphatic rings. The largest absolute Gasteiger partial charge is 0.415 e. The molecule has 1 aromatic heterocycles. The summed E-state index contributed by atoms with van der Waals surface area (Å²) in [6.07, 6.45) is 6.76. The monoisotopic (exact) mass is 366 g/mol. The van der Waals surface area contributed by atoms with E-state index >= 15 is 0 Å². The highest BCUT2D eigenvalue weighted by molar-refractivity contribution is 5.89. The van der Waals surface area contributed by atoms with Gasteiger partial charge in [0.1, 0.15) is 5.52 Å². The average Bonchev–Trinajstić information content (AvgIpc) is 2.70. The number of pyridine rings is 1. The first-order chi connectivity index (χ1) is 13.1. The summed E-state index contributed by atoms with van der Waals surface area (Å²) in [4.78, 5) is 22.8. The van der Waals surface area contributed by atoms with Gasteiger partial charge >= 0.3 is 6.09 Å². The van der Waals surface area contributed by atoms with E-state index in [0.717, 1.165) is 43.6 Å². The van der Waals surface area contributed by atoms with Gasteiger partial charge in [-0.25, -0.2) is 4.79 Å². The van der Waals surface area contributed by atoms with E-state index in [-0.39, 0.29) is 6.09 Å². The number of carbonyl (C=O) groups excluding carboxylic acids is 1. The highest BCUT2D eigenvalue weighted by Crippen LogP contribution is 2.28. The molecule has 0 atom stereocenters. The van der Waals surface area contributed by atoms with Crippen molar-refractivity contribution >= 4 is 17.0 Å². The third-order valence-electron chi connectivity index (χ3n) is 4.98. The van der Waals surface area contributed by atoms with Crippen molar-refractivity contribution in [3.05, 3.63) is 36.0 Å². The van der Waals surface area contributed by atoms with Crippen molar-refractivity contribution in [2.45, 2.75) is 13.5 Å². The van der Waals surface area contributed by atoms with Crippen LogP contribution in [0.4, 0.5) is 4.79 Å². The van der Waals surface area contributed by atoms with Gasteiger partial charge in [-0.2, -0.15) is 0 Å². The van der Waals surface area contributed by atoms with Gasteiger partial charge in [0, 0.05) is 57.9 Å². The van der Waals surface area contributed by atoms with E-state index in [4.69, 9.17) is 11.2 Å². The van der Waals surface area contributed by atoms with Crippen LogP contribution in [0.5, 0.6) is 5.75 Å². The Kier molecular flexibility index (Phi) is 6.28. The molecule has 0 radical (unpaired) electrons. The molecule has 0 aliphatic carbocycles. The molecule has 142 valence electrons. The first-order valence-electron chi connectivity index (χ1n) is 9.30. The molecule has 1 aromatic carbocycles. The Bertz CT molecular complexity index is 838. The summed E-state index contributed by atoms with van der Waals surface area (Å²) in [5, 5.41) is 1.02. The van der Waals surface area contributed by atoms with Gasteiger partial charge in [0.2, 0.25) is 0 Å². The lowest BCUT2D eigenvalue weighted by Gasteiger charge is -2.33. The second-order valence-corrected chi connectivity index (χ2v) is 6.76. The molecule has 0 bridgehead atoms. The van der Waals surface area contributed by atoms with E-state index in [1.54, 1.807) is 13.2 Å². The molecule has 0 saturated carbocycles. The summed E-state index contributed by atoms with van der Waals surface area (Å²) in [7, 11) is 1.71. The molecule has 1 amide bonds. The molecule has 0 spiro atoms. The average molecular weight is 366 g/mol. The number of nitrogens with zero attached hydrogens (tertiary/aromatic N) is 4. The molecular formula is C21H26N4O2. The molecule has 1 aliphatic heterocycles. The van der Waals surface area contributed by atoms with Crippen LogP contribution in [0.3, 0.4) is 0 Å². The maximum absolute atomic E-state index is 12.1. The Balaban J connectivity index is 1.77. The van der Waals surface area contributed by atoms with Crippen LogP contribution in [0.15, 0.2) is 30.5 Å². The number of carbonyl (C=O) groups is 1. The van der Waals surface area contributed by atoms with Gasteiger partial charge in [-0.1, -0.05) is 18.1 Å². The third-order valence-corrected chi connectivity index (χ3v) is 4.98. The van der Waals surface area contributed by atoms with Gasteiger partial charge < -0.3 is 9.64 Å². The first-order valence-corrected chi connectivity index (χ1v) is 9.30. The second kappa shape index (κ2) is 8.85. The summed E-state index contributed by atoms with van der Waals surface area (Å²) >= 11 is 0. The number of piperazine rings is 1. The number of rotatable bonds is 5. The smallest absolute Gasteiger partial charge is 0.408 e. The normalized spacial score (nSPS) is 15.4. The molecule has 2 heterocycles. The fourth-order valence-electron chi connectivity index (χ4n) is 3.20. The summed E-state index contributed by atoms with van der Waals surface area (Å²) in [6.45, 7) is 8.00. The zero-order valence-corrected chi connectivity index (χ0v) is 16.0.